The quantitative estimate of drug-likeness (QED) is 0.472. The zero-order valence-corrected chi connectivity index (χ0v) is 14.2. The number of nitrogens with one attached hydrogen (secondary N) is 2. The summed E-state index contributed by atoms with van der Waals surface area (Å²) in [4.78, 5) is 4.15. The number of allylic oxidation sites excluding steroid dienone is 1. The van der Waals surface area contributed by atoms with Crippen LogP contribution in [0.2, 0.25) is 0 Å². The molecule has 130 valence electrons. The molecule has 0 aromatic heterocycles. The number of para-hydroxylation sites is 1. The Morgan fingerprint density at radius 3 is 2.92 bits per heavy atom. The summed E-state index contributed by atoms with van der Waals surface area (Å²) in [6.07, 6.45) is 3.48. The van der Waals surface area contributed by atoms with E-state index >= 15 is 0 Å². The molecule has 0 bridgehead atoms. The van der Waals surface area contributed by atoms with E-state index in [0.717, 1.165) is 30.5 Å². The number of unbranched alkanes of at least 4 members (excludes halogenated alkanes) is 1. The van der Waals surface area contributed by atoms with Gasteiger partial charge in [-0.3, -0.25) is 0 Å². The second-order valence-corrected chi connectivity index (χ2v) is 5.50. The smallest absolute Gasteiger partial charge is 0.219 e. The van der Waals surface area contributed by atoms with Gasteiger partial charge in [-0.1, -0.05) is 19.4 Å². The Kier molecular flexibility index (Phi) is 6.20. The molecule has 1 heterocycles. The van der Waals surface area contributed by atoms with Gasteiger partial charge in [0.05, 0.1) is 13.3 Å². The van der Waals surface area contributed by atoms with E-state index in [0.29, 0.717) is 17.3 Å². The lowest BCUT2D eigenvalue weighted by atomic mass is 10.0. The molecule has 0 saturated carbocycles. The van der Waals surface area contributed by atoms with Crippen molar-refractivity contribution in [3.05, 3.63) is 35.0 Å². The van der Waals surface area contributed by atoms with E-state index in [1.807, 2.05) is 6.92 Å². The number of guanidine groups is 1. The van der Waals surface area contributed by atoms with E-state index < -0.39 is 6.23 Å². The number of aliphatic hydroxyl groups is 1. The number of phenolic OH excluding ortho intramolecular Hbond substituents is 1. The molecule has 24 heavy (non-hydrogen) atoms. The maximum absolute atomic E-state index is 10.1. The van der Waals surface area contributed by atoms with Crippen LogP contribution in [-0.4, -0.2) is 35.7 Å². The standard InChI is InChI=1S/C17H24N4O3/c1-4-5-8-13-11(2)19-17(20-16(13)23)21-18-10-12-7-6-9-14(24-3)15(12)22/h6-7,9-10,16,22-23H,4-5,8H2,1-3H3,(H2,19,20,21)/b18-10+. The van der Waals surface area contributed by atoms with Crippen LogP contribution in [0.5, 0.6) is 11.5 Å². The number of aromatic hydroxyl groups is 1. The summed E-state index contributed by atoms with van der Waals surface area (Å²) < 4.78 is 5.05. The van der Waals surface area contributed by atoms with Crippen molar-refractivity contribution in [1.82, 2.24) is 10.7 Å². The van der Waals surface area contributed by atoms with Gasteiger partial charge in [0.15, 0.2) is 17.7 Å². The molecule has 0 amide bonds. The highest BCUT2D eigenvalue weighted by molar-refractivity contribution is 5.87. The van der Waals surface area contributed by atoms with Gasteiger partial charge in [0.1, 0.15) is 0 Å². The van der Waals surface area contributed by atoms with E-state index in [-0.39, 0.29) is 5.75 Å². The van der Waals surface area contributed by atoms with Gasteiger partial charge in [-0.25, -0.2) is 10.4 Å². The van der Waals surface area contributed by atoms with E-state index in [1.54, 1.807) is 18.2 Å². The van der Waals surface area contributed by atoms with Gasteiger partial charge in [0.25, 0.3) is 0 Å². The maximum atomic E-state index is 10.1. The minimum Gasteiger partial charge on any atom is -0.504 e. The minimum atomic E-state index is -0.860. The van der Waals surface area contributed by atoms with Gasteiger partial charge in [0, 0.05) is 11.3 Å². The van der Waals surface area contributed by atoms with Crippen molar-refractivity contribution in [2.45, 2.75) is 39.3 Å². The third-order valence-corrected chi connectivity index (χ3v) is 3.77. The number of hydrazone groups is 1. The molecule has 1 aliphatic rings. The van der Waals surface area contributed by atoms with E-state index in [2.05, 4.69) is 27.8 Å². The minimum absolute atomic E-state index is 0.0158. The number of benzene rings is 1. The lowest BCUT2D eigenvalue weighted by Crippen LogP contribution is -2.39. The fraction of sp³-hybridized carbons (Fsp3) is 0.412. The van der Waals surface area contributed by atoms with Gasteiger partial charge in [-0.05, 0) is 37.5 Å². The molecule has 0 aliphatic carbocycles. The van der Waals surface area contributed by atoms with Crippen LogP contribution in [0.25, 0.3) is 0 Å². The molecule has 0 fully saturated rings. The van der Waals surface area contributed by atoms with Crippen LogP contribution in [0.15, 0.2) is 39.6 Å². The van der Waals surface area contributed by atoms with Crippen LogP contribution in [0.3, 0.4) is 0 Å². The van der Waals surface area contributed by atoms with Crippen molar-refractivity contribution < 1.29 is 14.9 Å². The van der Waals surface area contributed by atoms with E-state index in [4.69, 9.17) is 4.74 Å². The monoisotopic (exact) mass is 332 g/mol. The highest BCUT2D eigenvalue weighted by Crippen LogP contribution is 2.27. The number of nitrogens with zero attached hydrogens (tertiary/aromatic N) is 2. The highest BCUT2D eigenvalue weighted by Gasteiger charge is 2.19. The number of aliphatic imine (C=N–C) groups is 1. The summed E-state index contributed by atoms with van der Waals surface area (Å²) in [5, 5.41) is 27.2. The number of hydrogen-bond donors (Lipinski definition) is 4. The summed E-state index contributed by atoms with van der Waals surface area (Å²) in [5.74, 6) is 0.753. The molecule has 4 N–H and O–H groups in total. The maximum Gasteiger partial charge on any atom is 0.219 e. The third-order valence-electron chi connectivity index (χ3n) is 3.77. The molecule has 7 heteroatoms. The Labute approximate surface area is 141 Å². The average molecular weight is 332 g/mol. The van der Waals surface area contributed by atoms with E-state index in [1.165, 1.54) is 13.3 Å². The molecular weight excluding hydrogens is 308 g/mol. The summed E-state index contributed by atoms with van der Waals surface area (Å²) in [6.45, 7) is 4.01. The van der Waals surface area contributed by atoms with Gasteiger partial charge in [0.2, 0.25) is 5.96 Å². The van der Waals surface area contributed by atoms with Gasteiger partial charge in [-0.2, -0.15) is 5.10 Å². The van der Waals surface area contributed by atoms with Crippen LogP contribution in [-0.2, 0) is 0 Å². The van der Waals surface area contributed by atoms with E-state index in [9.17, 15) is 10.2 Å². The second kappa shape index (κ2) is 8.35. The number of hydrogen-bond acceptors (Lipinski definition) is 7. The van der Waals surface area contributed by atoms with Gasteiger partial charge >= 0.3 is 0 Å². The number of rotatable bonds is 6. The fourth-order valence-electron chi connectivity index (χ4n) is 2.40. The first-order valence-electron chi connectivity index (χ1n) is 7.94. The molecule has 1 atom stereocenters. The molecule has 1 aromatic rings. The molecular formula is C17H24N4O3. The summed E-state index contributed by atoms with van der Waals surface area (Å²) in [6, 6.07) is 5.13. The summed E-state index contributed by atoms with van der Waals surface area (Å²) >= 11 is 0. The Morgan fingerprint density at radius 1 is 1.46 bits per heavy atom. The zero-order valence-electron chi connectivity index (χ0n) is 14.2. The predicted octanol–water partition coefficient (Wildman–Crippen LogP) is 2.07. The number of methoxy groups -OCH3 is 1. The molecule has 0 spiro atoms. The van der Waals surface area contributed by atoms with Gasteiger partial charge < -0.3 is 20.3 Å². The van der Waals surface area contributed by atoms with Crippen molar-refractivity contribution in [3.63, 3.8) is 0 Å². The summed E-state index contributed by atoms with van der Waals surface area (Å²) in [7, 11) is 1.49. The van der Waals surface area contributed by atoms with Crippen LogP contribution in [0.4, 0.5) is 0 Å². The normalized spacial score (nSPS) is 17.7. The Hall–Kier alpha value is -2.54. The Bertz CT molecular complexity index is 668. The number of phenols is 1. The number of ether oxygens (including phenoxy) is 1. The summed E-state index contributed by atoms with van der Waals surface area (Å²) in [5.41, 5.74) is 5.03. The molecule has 1 unspecified atom stereocenters. The van der Waals surface area contributed by atoms with Crippen molar-refractivity contribution in [2.24, 2.45) is 10.1 Å². The SMILES string of the molecule is CCCCC1=C(C)NC(N/N=C/c2cccc(OC)c2O)=NC1O. The Morgan fingerprint density at radius 2 is 2.25 bits per heavy atom. The molecule has 1 aliphatic heterocycles. The van der Waals surface area contributed by atoms with Crippen molar-refractivity contribution in [2.75, 3.05) is 7.11 Å². The molecule has 0 radical (unpaired) electrons. The first kappa shape index (κ1) is 17.8. The third kappa shape index (κ3) is 4.26. The highest BCUT2D eigenvalue weighted by atomic mass is 16.5. The zero-order chi connectivity index (χ0) is 17.5. The van der Waals surface area contributed by atoms with Crippen molar-refractivity contribution in [3.8, 4) is 11.5 Å². The predicted molar refractivity (Wildman–Crippen MR) is 94.2 cm³/mol. The molecule has 1 aromatic carbocycles. The largest absolute Gasteiger partial charge is 0.504 e. The second-order valence-electron chi connectivity index (χ2n) is 5.50. The average Bonchev–Trinajstić information content (AvgIpc) is 2.56. The van der Waals surface area contributed by atoms with Crippen LogP contribution in [0, 0.1) is 0 Å². The van der Waals surface area contributed by atoms with Crippen LogP contribution in [0.1, 0.15) is 38.7 Å². The fourth-order valence-corrected chi connectivity index (χ4v) is 2.40. The van der Waals surface area contributed by atoms with Crippen LogP contribution < -0.4 is 15.5 Å². The van der Waals surface area contributed by atoms with Crippen LogP contribution >= 0.6 is 0 Å². The lowest BCUT2D eigenvalue weighted by molar-refractivity contribution is 0.210. The Balaban J connectivity index is 2.01. The molecule has 7 nitrogen and oxygen atoms in total. The first-order chi connectivity index (χ1) is 11.6. The number of aliphatic hydroxyl groups excluding tert-OH is 1. The van der Waals surface area contributed by atoms with Crippen molar-refractivity contribution >= 4 is 12.2 Å². The van der Waals surface area contributed by atoms with Gasteiger partial charge in [-0.15, -0.1) is 0 Å². The topological polar surface area (TPSA) is 98.5 Å². The molecule has 0 saturated heterocycles. The lowest BCUT2D eigenvalue weighted by Gasteiger charge is -2.23. The van der Waals surface area contributed by atoms with Crippen molar-refractivity contribution in [1.29, 1.82) is 0 Å². The molecule has 2 rings (SSSR count). The first-order valence-corrected chi connectivity index (χ1v) is 7.94.